The highest BCUT2D eigenvalue weighted by atomic mass is 16.5. The van der Waals surface area contributed by atoms with Crippen molar-refractivity contribution in [1.82, 2.24) is 4.57 Å². The van der Waals surface area contributed by atoms with Crippen molar-refractivity contribution < 1.29 is 14.3 Å². The fourth-order valence-electron chi connectivity index (χ4n) is 1.09. The molecule has 0 amide bonds. The first kappa shape index (κ1) is 11.0. The van der Waals surface area contributed by atoms with Gasteiger partial charge in [0, 0.05) is 0 Å². The standard InChI is InChI=1S/C9H11N3O3/c1-14-7-4-12(5-10)8(11)3-6(7)9(13)15-2/h3-5,10-11H,1-2H3. The van der Waals surface area contributed by atoms with Crippen LogP contribution in [0.1, 0.15) is 10.4 Å². The minimum atomic E-state index is -0.572. The second-order valence-electron chi connectivity index (χ2n) is 2.67. The molecule has 0 saturated carbocycles. The fourth-order valence-corrected chi connectivity index (χ4v) is 1.09. The number of nitrogens with zero attached hydrogens (tertiary/aromatic N) is 1. The van der Waals surface area contributed by atoms with E-state index in [0.717, 1.165) is 6.34 Å². The van der Waals surface area contributed by atoms with Crippen LogP contribution in [0.25, 0.3) is 0 Å². The van der Waals surface area contributed by atoms with Crippen molar-refractivity contribution in [3.8, 4) is 5.75 Å². The SMILES string of the molecule is COC(=O)c1cc(=N)n(C=N)cc1OC. The summed E-state index contributed by atoms with van der Waals surface area (Å²) >= 11 is 0. The lowest BCUT2D eigenvalue weighted by Crippen LogP contribution is -2.21. The van der Waals surface area contributed by atoms with Crippen molar-refractivity contribution in [1.29, 1.82) is 10.8 Å². The Bertz CT molecular complexity index is 450. The number of hydrogen-bond acceptors (Lipinski definition) is 5. The van der Waals surface area contributed by atoms with Crippen LogP contribution in [0.15, 0.2) is 12.3 Å². The van der Waals surface area contributed by atoms with E-state index in [1.54, 1.807) is 0 Å². The third-order valence-corrected chi connectivity index (χ3v) is 1.85. The summed E-state index contributed by atoms with van der Waals surface area (Å²) < 4.78 is 10.7. The second kappa shape index (κ2) is 4.41. The summed E-state index contributed by atoms with van der Waals surface area (Å²) in [5.74, 6) is -0.307. The number of rotatable bonds is 3. The second-order valence-corrected chi connectivity index (χ2v) is 2.67. The van der Waals surface area contributed by atoms with Crippen molar-refractivity contribution >= 4 is 12.3 Å². The highest BCUT2D eigenvalue weighted by Crippen LogP contribution is 2.15. The molecule has 2 N–H and O–H groups in total. The molecule has 0 bridgehead atoms. The quantitative estimate of drug-likeness (QED) is 0.424. The molecular weight excluding hydrogens is 198 g/mol. The van der Waals surface area contributed by atoms with E-state index >= 15 is 0 Å². The van der Waals surface area contributed by atoms with E-state index in [2.05, 4.69) is 4.74 Å². The van der Waals surface area contributed by atoms with Gasteiger partial charge >= 0.3 is 5.97 Å². The van der Waals surface area contributed by atoms with Gasteiger partial charge in [0.15, 0.2) is 0 Å². The van der Waals surface area contributed by atoms with Gasteiger partial charge in [-0.15, -0.1) is 0 Å². The maximum atomic E-state index is 11.3. The maximum Gasteiger partial charge on any atom is 0.341 e. The molecule has 0 unspecified atom stereocenters. The summed E-state index contributed by atoms with van der Waals surface area (Å²) in [4.78, 5) is 11.3. The average Bonchev–Trinajstić information content (AvgIpc) is 2.27. The Morgan fingerprint density at radius 3 is 2.67 bits per heavy atom. The molecule has 1 aromatic heterocycles. The summed E-state index contributed by atoms with van der Waals surface area (Å²) in [6.07, 6.45) is 2.33. The molecule has 0 spiro atoms. The molecule has 0 saturated heterocycles. The van der Waals surface area contributed by atoms with Gasteiger partial charge in [-0.25, -0.2) is 4.79 Å². The van der Waals surface area contributed by atoms with E-state index < -0.39 is 5.97 Å². The third-order valence-electron chi connectivity index (χ3n) is 1.85. The van der Waals surface area contributed by atoms with Crippen LogP contribution in [-0.4, -0.2) is 31.1 Å². The van der Waals surface area contributed by atoms with Crippen LogP contribution in [0.2, 0.25) is 0 Å². The van der Waals surface area contributed by atoms with Gasteiger partial charge in [-0.1, -0.05) is 0 Å². The van der Waals surface area contributed by atoms with E-state index in [9.17, 15) is 4.79 Å². The van der Waals surface area contributed by atoms with Gasteiger partial charge in [0.25, 0.3) is 0 Å². The normalized spacial score (nSPS) is 9.47. The Morgan fingerprint density at radius 2 is 2.20 bits per heavy atom. The first-order chi connectivity index (χ1) is 7.13. The van der Waals surface area contributed by atoms with Crippen LogP contribution < -0.4 is 10.2 Å². The molecular formula is C9H11N3O3. The molecule has 80 valence electrons. The molecule has 0 aliphatic rings. The van der Waals surface area contributed by atoms with Crippen molar-refractivity contribution in [3.63, 3.8) is 0 Å². The fraction of sp³-hybridized carbons (Fsp3) is 0.222. The zero-order valence-corrected chi connectivity index (χ0v) is 8.40. The molecule has 1 aromatic rings. The van der Waals surface area contributed by atoms with Gasteiger partial charge in [0.2, 0.25) is 0 Å². The number of aromatic nitrogens is 1. The van der Waals surface area contributed by atoms with E-state index in [1.807, 2.05) is 0 Å². The predicted molar refractivity (Wildman–Crippen MR) is 52.4 cm³/mol. The van der Waals surface area contributed by atoms with Gasteiger partial charge in [0.05, 0.1) is 26.8 Å². The van der Waals surface area contributed by atoms with Crippen molar-refractivity contribution in [2.75, 3.05) is 14.2 Å². The Balaban J connectivity index is 3.40. The minimum Gasteiger partial charge on any atom is -0.494 e. The largest absolute Gasteiger partial charge is 0.494 e. The monoisotopic (exact) mass is 209 g/mol. The molecule has 15 heavy (non-hydrogen) atoms. The molecule has 0 aliphatic carbocycles. The van der Waals surface area contributed by atoms with Crippen LogP contribution in [0.4, 0.5) is 0 Å². The zero-order valence-electron chi connectivity index (χ0n) is 8.40. The van der Waals surface area contributed by atoms with Gasteiger partial charge in [-0.05, 0) is 6.07 Å². The predicted octanol–water partition coefficient (Wildman–Crippen LogP) is 0.218. The number of carbonyl (C=O) groups excluding carboxylic acids is 1. The molecule has 0 aliphatic heterocycles. The van der Waals surface area contributed by atoms with Crippen LogP contribution in [0, 0.1) is 10.8 Å². The van der Waals surface area contributed by atoms with E-state index in [-0.39, 0.29) is 16.8 Å². The van der Waals surface area contributed by atoms with Crippen LogP contribution in [0.5, 0.6) is 5.75 Å². The van der Waals surface area contributed by atoms with E-state index in [4.69, 9.17) is 15.6 Å². The van der Waals surface area contributed by atoms with Crippen LogP contribution >= 0.6 is 0 Å². The zero-order chi connectivity index (χ0) is 11.4. The van der Waals surface area contributed by atoms with Gasteiger partial charge < -0.3 is 9.47 Å². The lowest BCUT2D eigenvalue weighted by Gasteiger charge is -2.08. The Morgan fingerprint density at radius 1 is 1.53 bits per heavy atom. The molecule has 1 rings (SSSR count). The number of carbonyl (C=O) groups is 1. The van der Waals surface area contributed by atoms with Gasteiger partial charge in [0.1, 0.15) is 16.8 Å². The van der Waals surface area contributed by atoms with Crippen molar-refractivity contribution in [3.05, 3.63) is 23.3 Å². The molecule has 6 nitrogen and oxygen atoms in total. The molecule has 0 aromatic carbocycles. The maximum absolute atomic E-state index is 11.3. The van der Waals surface area contributed by atoms with E-state index in [1.165, 1.54) is 31.0 Å². The van der Waals surface area contributed by atoms with Gasteiger partial charge in [-0.3, -0.25) is 15.4 Å². The molecule has 0 radical (unpaired) electrons. The summed E-state index contributed by atoms with van der Waals surface area (Å²) in [5, 5.41) is 14.5. The number of ether oxygens (including phenoxy) is 2. The number of pyridine rings is 1. The highest BCUT2D eigenvalue weighted by Gasteiger charge is 2.13. The van der Waals surface area contributed by atoms with E-state index in [0.29, 0.717) is 0 Å². The Hall–Kier alpha value is -2.11. The first-order valence-corrected chi connectivity index (χ1v) is 4.07. The van der Waals surface area contributed by atoms with Crippen LogP contribution in [-0.2, 0) is 4.74 Å². The van der Waals surface area contributed by atoms with Crippen molar-refractivity contribution in [2.45, 2.75) is 0 Å². The summed E-state index contributed by atoms with van der Waals surface area (Å²) in [5.41, 5.74) is 0.175. The van der Waals surface area contributed by atoms with Gasteiger partial charge in [-0.2, -0.15) is 0 Å². The average molecular weight is 209 g/mol. The van der Waals surface area contributed by atoms with Crippen LogP contribution in [0.3, 0.4) is 0 Å². The Kier molecular flexibility index (Phi) is 3.22. The number of esters is 1. The summed E-state index contributed by atoms with van der Waals surface area (Å²) in [7, 11) is 2.66. The topological polar surface area (TPSA) is 88.2 Å². The lowest BCUT2D eigenvalue weighted by atomic mass is 10.2. The number of hydrogen-bond donors (Lipinski definition) is 2. The highest BCUT2D eigenvalue weighted by molar-refractivity contribution is 5.92. The minimum absolute atomic E-state index is 0.00574. The Labute approximate surface area is 86.1 Å². The number of methoxy groups -OCH3 is 2. The molecule has 6 heteroatoms. The summed E-state index contributed by atoms with van der Waals surface area (Å²) in [6, 6.07) is 1.29. The molecule has 1 heterocycles. The third kappa shape index (κ3) is 2.04. The molecule has 0 fully saturated rings. The summed E-state index contributed by atoms with van der Waals surface area (Å²) in [6.45, 7) is 0. The van der Waals surface area contributed by atoms with Crippen molar-refractivity contribution in [2.24, 2.45) is 0 Å². The smallest absolute Gasteiger partial charge is 0.341 e. The first-order valence-electron chi connectivity index (χ1n) is 4.07. The molecule has 0 atom stereocenters. The lowest BCUT2D eigenvalue weighted by molar-refractivity contribution is 0.0596. The number of nitrogens with one attached hydrogen (secondary N) is 2.